The number of rotatable bonds is 4. The number of hydrogen-bond donors (Lipinski definition) is 0. The third-order valence-corrected chi connectivity index (χ3v) is 6.35. The molecule has 1 aromatic carbocycles. The second-order valence-electron chi connectivity index (χ2n) is 9.07. The molecule has 4 heteroatoms. The van der Waals surface area contributed by atoms with Crippen LogP contribution in [0.2, 0.25) is 0 Å². The van der Waals surface area contributed by atoms with Gasteiger partial charge >= 0.3 is 8.80 Å². The molecule has 0 amide bonds. The van der Waals surface area contributed by atoms with Crippen molar-refractivity contribution in [3.63, 3.8) is 0 Å². The summed E-state index contributed by atoms with van der Waals surface area (Å²) in [4.78, 5) is 0. The van der Waals surface area contributed by atoms with E-state index in [2.05, 4.69) is 25.1 Å². The molecule has 0 fully saturated rings. The molecule has 0 aromatic heterocycles. The Morgan fingerprint density at radius 3 is 1.39 bits per heavy atom. The molecule has 0 saturated carbocycles. The summed E-state index contributed by atoms with van der Waals surface area (Å²) in [5.74, 6) is 0. The van der Waals surface area contributed by atoms with Gasteiger partial charge in [0.15, 0.2) is 0 Å². The maximum absolute atomic E-state index is 6.51. The zero-order valence-electron chi connectivity index (χ0n) is 16.5. The van der Waals surface area contributed by atoms with Crippen LogP contribution in [-0.2, 0) is 13.3 Å². The van der Waals surface area contributed by atoms with Gasteiger partial charge in [0, 0.05) is 5.19 Å². The summed E-state index contributed by atoms with van der Waals surface area (Å²) in [6, 6.07) is 8.29. The molecule has 1 aromatic rings. The van der Waals surface area contributed by atoms with Crippen molar-refractivity contribution in [1.82, 2.24) is 0 Å². The van der Waals surface area contributed by atoms with Gasteiger partial charge in [-0.25, -0.2) is 0 Å². The summed E-state index contributed by atoms with van der Waals surface area (Å²) < 4.78 is 19.5. The van der Waals surface area contributed by atoms with Gasteiger partial charge < -0.3 is 13.3 Å². The quantitative estimate of drug-likeness (QED) is 0.752. The molecule has 0 atom stereocenters. The highest BCUT2D eigenvalue weighted by atomic mass is 28.4. The maximum Gasteiger partial charge on any atom is 0.538 e. The molecule has 0 N–H and O–H groups in total. The Morgan fingerprint density at radius 2 is 1.09 bits per heavy atom. The van der Waals surface area contributed by atoms with Crippen LogP contribution in [-0.4, -0.2) is 25.6 Å². The lowest BCUT2D eigenvalue weighted by Crippen LogP contribution is -2.64. The third-order valence-electron chi connectivity index (χ3n) is 2.69. The predicted molar refractivity (Wildman–Crippen MR) is 99.1 cm³/mol. The fourth-order valence-electron chi connectivity index (χ4n) is 2.28. The molecular weight excluding hydrogens is 304 g/mol. The van der Waals surface area contributed by atoms with E-state index in [0.717, 1.165) is 5.19 Å². The van der Waals surface area contributed by atoms with E-state index < -0.39 is 8.80 Å². The molecule has 0 heterocycles. The minimum Gasteiger partial charge on any atom is -0.365 e. The van der Waals surface area contributed by atoms with Crippen molar-refractivity contribution >= 4 is 14.0 Å². The van der Waals surface area contributed by atoms with E-state index >= 15 is 0 Å². The molecule has 132 valence electrons. The number of aryl methyl sites for hydroxylation is 1. The normalized spacial score (nSPS) is 14.2. The molecule has 0 aliphatic heterocycles. The highest BCUT2D eigenvalue weighted by molar-refractivity contribution is 6.75. The zero-order valence-corrected chi connectivity index (χ0v) is 17.5. The predicted octanol–water partition coefficient (Wildman–Crippen LogP) is 4.59. The van der Waals surface area contributed by atoms with E-state index in [-0.39, 0.29) is 16.8 Å². The third kappa shape index (κ3) is 7.17. The summed E-state index contributed by atoms with van der Waals surface area (Å²) in [5.41, 5.74) is 0.0673. The SMILES string of the molecule is Cc1cccc([Si](OC(C)(C)C)(OC(C)(C)C)OC(C)(C)C)c1. The van der Waals surface area contributed by atoms with Crippen molar-refractivity contribution < 1.29 is 13.3 Å². The van der Waals surface area contributed by atoms with Gasteiger partial charge in [-0.15, -0.1) is 0 Å². The molecule has 0 saturated heterocycles. The first kappa shape index (κ1) is 20.4. The Labute approximate surface area is 143 Å². The lowest BCUT2D eigenvalue weighted by Gasteiger charge is -2.43. The second-order valence-corrected chi connectivity index (χ2v) is 11.4. The van der Waals surface area contributed by atoms with Gasteiger partial charge in [-0.1, -0.05) is 29.8 Å². The molecule has 0 aliphatic rings. The van der Waals surface area contributed by atoms with Crippen molar-refractivity contribution in [3.05, 3.63) is 29.8 Å². The fourth-order valence-corrected chi connectivity index (χ4v) is 5.89. The van der Waals surface area contributed by atoms with Crippen LogP contribution < -0.4 is 5.19 Å². The Balaban J connectivity index is 3.50. The van der Waals surface area contributed by atoms with Crippen LogP contribution in [0.3, 0.4) is 0 Å². The van der Waals surface area contributed by atoms with E-state index in [1.165, 1.54) is 5.56 Å². The summed E-state index contributed by atoms with van der Waals surface area (Å²) in [7, 11) is -3.11. The van der Waals surface area contributed by atoms with Crippen molar-refractivity contribution in [1.29, 1.82) is 0 Å². The number of hydrogen-bond acceptors (Lipinski definition) is 3. The standard InChI is InChI=1S/C19H34O3Si/c1-15-12-11-13-16(14-15)23(20-17(2,3)4,21-18(5,6)7)22-19(8,9)10/h11-14H,1-10H3. The lowest BCUT2D eigenvalue weighted by atomic mass is 10.2. The van der Waals surface area contributed by atoms with Crippen LogP contribution >= 0.6 is 0 Å². The molecule has 0 unspecified atom stereocenters. The minimum absolute atomic E-state index is 0.369. The highest BCUT2D eigenvalue weighted by Crippen LogP contribution is 2.28. The Hall–Kier alpha value is -0.683. The van der Waals surface area contributed by atoms with Gasteiger partial charge in [0.1, 0.15) is 0 Å². The molecule has 0 aliphatic carbocycles. The van der Waals surface area contributed by atoms with Gasteiger partial charge in [0.25, 0.3) is 0 Å². The van der Waals surface area contributed by atoms with Gasteiger partial charge in [-0.3, -0.25) is 0 Å². The first-order valence-electron chi connectivity index (χ1n) is 8.30. The molecule has 23 heavy (non-hydrogen) atoms. The van der Waals surface area contributed by atoms with Crippen LogP contribution in [0.5, 0.6) is 0 Å². The second kappa shape index (κ2) is 6.67. The minimum atomic E-state index is -3.11. The fraction of sp³-hybridized carbons (Fsp3) is 0.684. The van der Waals surface area contributed by atoms with Gasteiger partial charge in [-0.2, -0.15) is 0 Å². The summed E-state index contributed by atoms with van der Waals surface area (Å²) in [5, 5.41) is 1.01. The Kier molecular flexibility index (Phi) is 5.91. The Bertz CT molecular complexity index is 478. The van der Waals surface area contributed by atoms with Gasteiger partial charge in [0.2, 0.25) is 0 Å². The molecule has 0 bridgehead atoms. The van der Waals surface area contributed by atoms with E-state index in [1.54, 1.807) is 0 Å². The first-order chi connectivity index (χ1) is 10.1. The average molecular weight is 339 g/mol. The first-order valence-corrected chi connectivity index (χ1v) is 10.0. The average Bonchev–Trinajstić information content (AvgIpc) is 2.21. The topological polar surface area (TPSA) is 27.7 Å². The van der Waals surface area contributed by atoms with Crippen LogP contribution in [0.15, 0.2) is 24.3 Å². The summed E-state index contributed by atoms with van der Waals surface area (Å²) in [6.45, 7) is 20.5. The monoisotopic (exact) mass is 338 g/mol. The van der Waals surface area contributed by atoms with Gasteiger partial charge in [0.05, 0.1) is 16.8 Å². The van der Waals surface area contributed by atoms with Crippen molar-refractivity contribution in [2.45, 2.75) is 86.0 Å². The van der Waals surface area contributed by atoms with Crippen LogP contribution in [0.4, 0.5) is 0 Å². The zero-order chi connectivity index (χ0) is 18.1. The molecule has 3 nitrogen and oxygen atoms in total. The molecular formula is C19H34O3Si. The summed E-state index contributed by atoms with van der Waals surface area (Å²) >= 11 is 0. The molecule has 1 rings (SSSR count). The maximum atomic E-state index is 6.51. The van der Waals surface area contributed by atoms with Crippen LogP contribution in [0, 0.1) is 6.92 Å². The van der Waals surface area contributed by atoms with Crippen molar-refractivity contribution in [3.8, 4) is 0 Å². The van der Waals surface area contributed by atoms with Crippen LogP contribution in [0.1, 0.15) is 67.9 Å². The lowest BCUT2D eigenvalue weighted by molar-refractivity contribution is -0.0655. The number of benzene rings is 1. The summed E-state index contributed by atoms with van der Waals surface area (Å²) in [6.07, 6.45) is 0. The van der Waals surface area contributed by atoms with E-state index in [1.807, 2.05) is 68.4 Å². The van der Waals surface area contributed by atoms with Crippen LogP contribution in [0.25, 0.3) is 0 Å². The van der Waals surface area contributed by atoms with Gasteiger partial charge in [-0.05, 0) is 69.2 Å². The highest BCUT2D eigenvalue weighted by Gasteiger charge is 2.52. The Morgan fingerprint density at radius 1 is 0.696 bits per heavy atom. The molecule has 0 radical (unpaired) electrons. The van der Waals surface area contributed by atoms with E-state index in [9.17, 15) is 0 Å². The van der Waals surface area contributed by atoms with Crippen molar-refractivity contribution in [2.75, 3.05) is 0 Å². The van der Waals surface area contributed by atoms with E-state index in [4.69, 9.17) is 13.3 Å². The smallest absolute Gasteiger partial charge is 0.365 e. The van der Waals surface area contributed by atoms with E-state index in [0.29, 0.717) is 0 Å². The molecule has 0 spiro atoms. The largest absolute Gasteiger partial charge is 0.538 e. The van der Waals surface area contributed by atoms with Crippen molar-refractivity contribution in [2.24, 2.45) is 0 Å².